The first-order valence-electron chi connectivity index (χ1n) is 12.1. The van der Waals surface area contributed by atoms with Crippen LogP contribution in [0.1, 0.15) is 25.4 Å². The molecule has 12 nitrogen and oxygen atoms in total. The van der Waals surface area contributed by atoms with Crippen LogP contribution < -0.4 is 19.5 Å². The van der Waals surface area contributed by atoms with E-state index in [4.69, 9.17) is 14.2 Å². The summed E-state index contributed by atoms with van der Waals surface area (Å²) >= 11 is 0. The van der Waals surface area contributed by atoms with E-state index in [9.17, 15) is 28.1 Å². The SMILES string of the molecule is O=C(CN1CCC(Oc2ccc(OCCOCC(F)(F)F)cc2)CC1)N[C@@H]1CCOc2nc([N+](=O)[O-])cn21. The summed E-state index contributed by atoms with van der Waals surface area (Å²) in [5, 5.41) is 13.9. The molecule has 1 aromatic carbocycles. The number of nitrogens with one attached hydrogen (secondary N) is 1. The Kier molecular flexibility index (Phi) is 8.89. The average Bonchev–Trinajstić information content (AvgIpc) is 3.31. The van der Waals surface area contributed by atoms with Gasteiger partial charge in [0, 0.05) is 24.5 Å². The summed E-state index contributed by atoms with van der Waals surface area (Å²) < 4.78 is 58.8. The van der Waals surface area contributed by atoms with Crippen LogP contribution in [0.15, 0.2) is 30.5 Å². The number of hydrogen-bond donors (Lipinski definition) is 1. The molecule has 2 aromatic rings. The predicted molar refractivity (Wildman–Crippen MR) is 125 cm³/mol. The van der Waals surface area contributed by atoms with Crippen LogP contribution in [0.5, 0.6) is 17.5 Å². The van der Waals surface area contributed by atoms with Crippen molar-refractivity contribution in [2.24, 2.45) is 0 Å². The first kappa shape index (κ1) is 27.4. The number of nitrogens with zero attached hydrogens (tertiary/aromatic N) is 4. The maximum Gasteiger partial charge on any atom is 0.415 e. The Balaban J connectivity index is 1.15. The number of hydrogen-bond acceptors (Lipinski definition) is 9. The Bertz CT molecular complexity index is 1090. The number of aromatic nitrogens is 2. The fourth-order valence-electron chi connectivity index (χ4n) is 4.16. The number of imidazole rings is 1. The van der Waals surface area contributed by atoms with Crippen LogP contribution in [0.3, 0.4) is 0 Å². The van der Waals surface area contributed by atoms with Gasteiger partial charge in [-0.3, -0.25) is 14.3 Å². The third-order valence-corrected chi connectivity index (χ3v) is 5.95. The van der Waals surface area contributed by atoms with Gasteiger partial charge in [0.2, 0.25) is 5.91 Å². The average molecular weight is 543 g/mol. The summed E-state index contributed by atoms with van der Waals surface area (Å²) in [6.45, 7) is 0.332. The quantitative estimate of drug-likeness (QED) is 0.258. The summed E-state index contributed by atoms with van der Waals surface area (Å²) in [5.74, 6) is 0.611. The number of nitro groups is 1. The number of carbonyl (C=O) groups excluding carboxylic acids is 1. The van der Waals surface area contributed by atoms with Gasteiger partial charge < -0.3 is 34.4 Å². The fraction of sp³-hybridized carbons (Fsp3) is 0.565. The molecule has 15 heteroatoms. The van der Waals surface area contributed by atoms with Crippen molar-refractivity contribution in [3.8, 4) is 17.5 Å². The highest BCUT2D eigenvalue weighted by molar-refractivity contribution is 5.78. The molecule has 1 N–H and O–H groups in total. The first-order chi connectivity index (χ1) is 18.2. The minimum Gasteiger partial charge on any atom is -0.491 e. The molecule has 208 valence electrons. The van der Waals surface area contributed by atoms with Crippen LogP contribution in [0.2, 0.25) is 0 Å². The molecule has 1 amide bonds. The van der Waals surface area contributed by atoms with E-state index in [1.54, 1.807) is 24.3 Å². The lowest BCUT2D eigenvalue weighted by Gasteiger charge is -2.32. The Morgan fingerprint density at radius 1 is 1.16 bits per heavy atom. The van der Waals surface area contributed by atoms with Crippen LogP contribution in [-0.2, 0) is 9.53 Å². The van der Waals surface area contributed by atoms with Gasteiger partial charge in [0.05, 0.1) is 19.8 Å². The van der Waals surface area contributed by atoms with Crippen molar-refractivity contribution in [2.45, 2.75) is 37.7 Å². The van der Waals surface area contributed by atoms with Crippen LogP contribution in [-0.4, -0.2) is 83.6 Å². The topological polar surface area (TPSA) is 130 Å². The lowest BCUT2D eigenvalue weighted by Crippen LogP contribution is -2.45. The number of benzene rings is 1. The van der Waals surface area contributed by atoms with E-state index in [2.05, 4.69) is 15.0 Å². The largest absolute Gasteiger partial charge is 0.491 e. The lowest BCUT2D eigenvalue weighted by atomic mass is 10.1. The van der Waals surface area contributed by atoms with Gasteiger partial charge in [-0.05, 0) is 42.0 Å². The number of amides is 1. The predicted octanol–water partition coefficient (Wildman–Crippen LogP) is 2.69. The summed E-state index contributed by atoms with van der Waals surface area (Å²) in [5.41, 5.74) is 0. The molecule has 3 heterocycles. The van der Waals surface area contributed by atoms with E-state index >= 15 is 0 Å². The first-order valence-corrected chi connectivity index (χ1v) is 12.1. The highest BCUT2D eigenvalue weighted by atomic mass is 19.4. The molecule has 0 radical (unpaired) electrons. The maximum absolute atomic E-state index is 12.6. The van der Waals surface area contributed by atoms with Crippen molar-refractivity contribution in [1.29, 1.82) is 0 Å². The minimum atomic E-state index is -4.36. The van der Waals surface area contributed by atoms with Crippen molar-refractivity contribution in [3.63, 3.8) is 0 Å². The second-order valence-electron chi connectivity index (χ2n) is 8.85. The molecular formula is C23H28F3N5O7. The zero-order valence-electron chi connectivity index (χ0n) is 20.4. The molecule has 1 saturated heterocycles. The molecule has 2 aliphatic rings. The molecule has 0 bridgehead atoms. The molecule has 0 saturated carbocycles. The Hall–Kier alpha value is -3.59. The minimum absolute atomic E-state index is 0.000248. The van der Waals surface area contributed by atoms with Crippen LogP contribution in [0, 0.1) is 10.1 Å². The second kappa shape index (κ2) is 12.3. The number of rotatable bonds is 11. The molecular weight excluding hydrogens is 515 g/mol. The van der Waals surface area contributed by atoms with Crippen molar-refractivity contribution in [1.82, 2.24) is 19.8 Å². The van der Waals surface area contributed by atoms with Crippen LogP contribution >= 0.6 is 0 Å². The molecule has 2 aliphatic heterocycles. The van der Waals surface area contributed by atoms with Gasteiger partial charge in [-0.1, -0.05) is 0 Å². The van der Waals surface area contributed by atoms with Gasteiger partial charge in [0.25, 0.3) is 0 Å². The normalized spacial score (nSPS) is 18.3. The van der Waals surface area contributed by atoms with Crippen LogP contribution in [0.4, 0.5) is 19.0 Å². The summed E-state index contributed by atoms with van der Waals surface area (Å²) in [4.78, 5) is 28.8. The standard InChI is InChI=1S/C23H28F3N5O7/c24-23(25,26)15-35-11-12-36-16-1-3-17(4-2-16)38-18-5-8-29(9-6-18)14-21(32)27-19-7-10-37-22-28-20(31(33)34)13-30(19)22/h1-4,13,18-19H,5-12,14-15H2,(H,27,32)/t19-/m0/s1. The highest BCUT2D eigenvalue weighted by Gasteiger charge is 2.31. The number of alkyl halides is 3. The third-order valence-electron chi connectivity index (χ3n) is 5.95. The molecule has 0 aliphatic carbocycles. The van der Waals surface area contributed by atoms with Crippen molar-refractivity contribution >= 4 is 11.7 Å². The molecule has 1 fully saturated rings. The van der Waals surface area contributed by atoms with E-state index in [0.29, 0.717) is 37.6 Å². The van der Waals surface area contributed by atoms with Gasteiger partial charge >= 0.3 is 18.0 Å². The number of ether oxygens (including phenoxy) is 4. The van der Waals surface area contributed by atoms with E-state index in [1.165, 1.54) is 10.8 Å². The van der Waals surface area contributed by atoms with Gasteiger partial charge in [-0.2, -0.15) is 13.2 Å². The summed E-state index contributed by atoms with van der Waals surface area (Å²) in [6, 6.07) is 6.92. The van der Waals surface area contributed by atoms with Gasteiger partial charge in [-0.15, -0.1) is 0 Å². The van der Waals surface area contributed by atoms with Crippen molar-refractivity contribution in [2.75, 3.05) is 46.1 Å². The highest BCUT2D eigenvalue weighted by Crippen LogP contribution is 2.27. The van der Waals surface area contributed by atoms with Crippen LogP contribution in [0.25, 0.3) is 0 Å². The second-order valence-corrected chi connectivity index (χ2v) is 8.85. The van der Waals surface area contributed by atoms with Gasteiger partial charge in [0.1, 0.15) is 43.2 Å². The molecule has 0 unspecified atom stereocenters. The molecule has 1 atom stereocenters. The number of fused-ring (bicyclic) bond motifs is 1. The Morgan fingerprint density at radius 3 is 2.55 bits per heavy atom. The Morgan fingerprint density at radius 2 is 1.87 bits per heavy atom. The fourth-order valence-corrected chi connectivity index (χ4v) is 4.16. The van der Waals surface area contributed by atoms with E-state index in [0.717, 1.165) is 12.8 Å². The number of halogens is 3. The molecule has 38 heavy (non-hydrogen) atoms. The van der Waals surface area contributed by atoms with Crippen molar-refractivity contribution < 1.29 is 41.8 Å². The zero-order chi connectivity index (χ0) is 27.1. The summed E-state index contributed by atoms with van der Waals surface area (Å²) in [7, 11) is 0. The monoisotopic (exact) mass is 543 g/mol. The number of piperidine rings is 1. The number of likely N-dealkylation sites (tertiary alicyclic amines) is 1. The van der Waals surface area contributed by atoms with Gasteiger partial charge in [-0.25, -0.2) is 0 Å². The zero-order valence-corrected chi connectivity index (χ0v) is 20.4. The summed E-state index contributed by atoms with van der Waals surface area (Å²) in [6.07, 6.45) is -1.68. The smallest absolute Gasteiger partial charge is 0.415 e. The third kappa shape index (κ3) is 7.95. The van der Waals surface area contributed by atoms with E-state index in [1.807, 2.05) is 4.90 Å². The molecule has 4 rings (SSSR count). The van der Waals surface area contributed by atoms with Gasteiger partial charge in [0.15, 0.2) is 0 Å². The number of carbonyl (C=O) groups is 1. The Labute approximate surface area is 215 Å². The maximum atomic E-state index is 12.6. The lowest BCUT2D eigenvalue weighted by molar-refractivity contribution is -0.389. The van der Waals surface area contributed by atoms with Crippen molar-refractivity contribution in [3.05, 3.63) is 40.6 Å². The van der Waals surface area contributed by atoms with E-state index in [-0.39, 0.29) is 43.6 Å². The molecule has 1 aromatic heterocycles. The van der Waals surface area contributed by atoms with E-state index < -0.39 is 23.9 Å². The molecule has 0 spiro atoms.